The maximum Gasteiger partial charge on any atom is 0.358 e. The molecule has 7 nitrogen and oxygen atoms in total. The van der Waals surface area contributed by atoms with Gasteiger partial charge in [0, 0.05) is 6.07 Å². The maximum absolute atomic E-state index is 11.7. The Bertz CT molecular complexity index is 506. The van der Waals surface area contributed by atoms with Crippen LogP contribution in [0.25, 0.3) is 0 Å². The first-order chi connectivity index (χ1) is 8.04. The first-order valence-corrected chi connectivity index (χ1v) is 5.17. The van der Waals surface area contributed by atoms with Crippen molar-refractivity contribution < 1.29 is 19.1 Å². The van der Waals surface area contributed by atoms with Gasteiger partial charge in [0.15, 0.2) is 5.69 Å². The van der Waals surface area contributed by atoms with Crippen molar-refractivity contribution in [3.63, 3.8) is 0 Å². The van der Waals surface area contributed by atoms with Gasteiger partial charge in [0.25, 0.3) is 5.91 Å². The normalized spacial score (nSPS) is 18.6. The lowest BCUT2D eigenvalue weighted by Crippen LogP contribution is -2.37. The summed E-state index contributed by atoms with van der Waals surface area (Å²) >= 11 is 0. The van der Waals surface area contributed by atoms with Crippen molar-refractivity contribution in [2.75, 3.05) is 11.9 Å². The molecule has 0 radical (unpaired) electrons. The molecule has 1 amide bonds. The largest absolute Gasteiger partial charge is 0.461 e. The van der Waals surface area contributed by atoms with Gasteiger partial charge in [0.1, 0.15) is 11.7 Å². The van der Waals surface area contributed by atoms with Crippen LogP contribution in [0.15, 0.2) is 6.07 Å². The first kappa shape index (κ1) is 11.3. The van der Waals surface area contributed by atoms with Gasteiger partial charge in [0.05, 0.1) is 6.61 Å². The zero-order valence-corrected chi connectivity index (χ0v) is 9.39. The highest BCUT2D eigenvalue weighted by Gasteiger charge is 2.33. The molecule has 0 fully saturated rings. The molecule has 0 saturated carbocycles. The van der Waals surface area contributed by atoms with E-state index in [-0.39, 0.29) is 18.1 Å². The van der Waals surface area contributed by atoms with Gasteiger partial charge in [-0.05, 0) is 13.8 Å². The van der Waals surface area contributed by atoms with Crippen LogP contribution >= 0.6 is 0 Å². The number of esters is 1. The molecule has 90 valence electrons. The highest BCUT2D eigenvalue weighted by Crippen LogP contribution is 2.19. The molecular formula is C10H11N3O4. The third kappa shape index (κ3) is 1.79. The smallest absolute Gasteiger partial charge is 0.358 e. The number of nitrogens with zero attached hydrogens (tertiary/aromatic N) is 2. The molecule has 2 heterocycles. The topological polar surface area (TPSA) is 90.3 Å². The van der Waals surface area contributed by atoms with E-state index in [2.05, 4.69) is 10.4 Å². The van der Waals surface area contributed by atoms with Crippen molar-refractivity contribution in [2.24, 2.45) is 5.92 Å². The highest BCUT2D eigenvalue weighted by molar-refractivity contribution is 6.11. The molecule has 1 aliphatic heterocycles. The van der Waals surface area contributed by atoms with Crippen molar-refractivity contribution >= 4 is 23.6 Å². The summed E-state index contributed by atoms with van der Waals surface area (Å²) in [6.07, 6.45) is 0. The van der Waals surface area contributed by atoms with Gasteiger partial charge in [-0.3, -0.25) is 9.59 Å². The summed E-state index contributed by atoms with van der Waals surface area (Å²) in [5.41, 5.74) is 0.00426. The SMILES string of the molecule is CCOC(=O)c1cc2n(n1)C(=O)C(C)C(=O)N2. The fraction of sp³-hybridized carbons (Fsp3) is 0.400. The van der Waals surface area contributed by atoms with Crippen LogP contribution in [0.2, 0.25) is 0 Å². The van der Waals surface area contributed by atoms with Crippen LogP contribution in [0.4, 0.5) is 5.82 Å². The second kappa shape index (κ2) is 4.00. The Balaban J connectivity index is 2.36. The Morgan fingerprint density at radius 2 is 2.29 bits per heavy atom. The molecule has 1 atom stereocenters. The quantitative estimate of drug-likeness (QED) is 0.589. The third-order valence-corrected chi connectivity index (χ3v) is 2.42. The van der Waals surface area contributed by atoms with Crippen molar-refractivity contribution in [2.45, 2.75) is 13.8 Å². The van der Waals surface area contributed by atoms with E-state index in [1.54, 1.807) is 6.92 Å². The van der Waals surface area contributed by atoms with Gasteiger partial charge in [-0.1, -0.05) is 0 Å². The molecule has 0 aliphatic carbocycles. The number of carbonyl (C=O) groups excluding carboxylic acids is 3. The minimum absolute atomic E-state index is 0.00426. The molecule has 0 spiro atoms. The van der Waals surface area contributed by atoms with Crippen LogP contribution in [-0.2, 0) is 9.53 Å². The lowest BCUT2D eigenvalue weighted by atomic mass is 10.1. The highest BCUT2D eigenvalue weighted by atomic mass is 16.5. The van der Waals surface area contributed by atoms with Crippen LogP contribution in [0.5, 0.6) is 0 Å². The van der Waals surface area contributed by atoms with Crippen molar-refractivity contribution in [3.05, 3.63) is 11.8 Å². The fourth-order valence-electron chi connectivity index (χ4n) is 1.47. The Morgan fingerprint density at radius 1 is 1.59 bits per heavy atom. The van der Waals surface area contributed by atoms with E-state index in [0.717, 1.165) is 4.68 Å². The number of ether oxygens (including phenoxy) is 1. The third-order valence-electron chi connectivity index (χ3n) is 2.42. The van der Waals surface area contributed by atoms with Gasteiger partial charge < -0.3 is 10.1 Å². The molecule has 7 heteroatoms. The van der Waals surface area contributed by atoms with Crippen molar-refractivity contribution in [1.29, 1.82) is 0 Å². The molecule has 0 bridgehead atoms. The molecule has 1 aliphatic rings. The van der Waals surface area contributed by atoms with Crippen LogP contribution in [0.3, 0.4) is 0 Å². The second-order valence-corrected chi connectivity index (χ2v) is 3.60. The van der Waals surface area contributed by atoms with Gasteiger partial charge in [0.2, 0.25) is 5.91 Å². The monoisotopic (exact) mass is 237 g/mol. The zero-order valence-electron chi connectivity index (χ0n) is 9.39. The van der Waals surface area contributed by atoms with Gasteiger partial charge in [-0.2, -0.15) is 9.78 Å². The number of anilines is 1. The number of hydrogen-bond acceptors (Lipinski definition) is 5. The number of nitrogens with one attached hydrogen (secondary N) is 1. The molecule has 0 aromatic carbocycles. The summed E-state index contributed by atoms with van der Waals surface area (Å²) in [7, 11) is 0. The lowest BCUT2D eigenvalue weighted by molar-refractivity contribution is -0.118. The van der Waals surface area contributed by atoms with E-state index >= 15 is 0 Å². The van der Waals surface area contributed by atoms with E-state index in [9.17, 15) is 14.4 Å². The van der Waals surface area contributed by atoms with E-state index < -0.39 is 23.7 Å². The number of aromatic nitrogens is 2. The molecule has 0 saturated heterocycles. The standard InChI is InChI=1S/C10H11N3O4/c1-3-17-10(16)6-4-7-11-8(14)5(2)9(15)13(7)12-6/h4-5H,3H2,1-2H3,(H,11,14). The average Bonchev–Trinajstić information content (AvgIpc) is 2.70. The Hall–Kier alpha value is -2.18. The summed E-state index contributed by atoms with van der Waals surface area (Å²) in [5, 5.41) is 6.30. The summed E-state index contributed by atoms with van der Waals surface area (Å²) in [4.78, 5) is 34.5. The number of amides is 1. The Kier molecular flexibility index (Phi) is 2.66. The molecule has 2 rings (SSSR count). The minimum atomic E-state index is -0.808. The summed E-state index contributed by atoms with van der Waals surface area (Å²) in [5.74, 6) is -2.10. The van der Waals surface area contributed by atoms with Gasteiger partial charge in [-0.15, -0.1) is 0 Å². The van der Waals surface area contributed by atoms with E-state index in [1.807, 2.05) is 0 Å². The molecule has 1 aromatic rings. The van der Waals surface area contributed by atoms with E-state index in [0.29, 0.717) is 0 Å². The molecule has 1 unspecified atom stereocenters. The number of carbonyl (C=O) groups is 3. The molecular weight excluding hydrogens is 226 g/mol. The van der Waals surface area contributed by atoms with E-state index in [1.165, 1.54) is 13.0 Å². The molecule has 1 N–H and O–H groups in total. The van der Waals surface area contributed by atoms with Crippen LogP contribution in [-0.4, -0.2) is 34.2 Å². The number of fused-ring (bicyclic) bond motifs is 1. The summed E-state index contributed by atoms with van der Waals surface area (Å²) < 4.78 is 5.77. The van der Waals surface area contributed by atoms with Crippen LogP contribution in [0, 0.1) is 5.92 Å². The summed E-state index contributed by atoms with van der Waals surface area (Å²) in [6, 6.07) is 1.32. The second-order valence-electron chi connectivity index (χ2n) is 3.60. The molecule has 17 heavy (non-hydrogen) atoms. The predicted octanol–water partition coefficient (Wildman–Crippen LogP) is 0.288. The maximum atomic E-state index is 11.7. The Labute approximate surface area is 96.7 Å². The summed E-state index contributed by atoms with van der Waals surface area (Å²) in [6.45, 7) is 3.37. The van der Waals surface area contributed by atoms with Crippen molar-refractivity contribution in [3.8, 4) is 0 Å². The predicted molar refractivity (Wildman–Crippen MR) is 56.6 cm³/mol. The molecule has 1 aromatic heterocycles. The van der Waals surface area contributed by atoms with Crippen LogP contribution < -0.4 is 5.32 Å². The zero-order chi connectivity index (χ0) is 12.6. The van der Waals surface area contributed by atoms with E-state index in [4.69, 9.17) is 4.74 Å². The minimum Gasteiger partial charge on any atom is -0.461 e. The number of rotatable bonds is 2. The lowest BCUT2D eigenvalue weighted by Gasteiger charge is -2.17. The van der Waals surface area contributed by atoms with Gasteiger partial charge >= 0.3 is 5.97 Å². The average molecular weight is 237 g/mol. The Morgan fingerprint density at radius 3 is 2.94 bits per heavy atom. The first-order valence-electron chi connectivity index (χ1n) is 5.17. The van der Waals surface area contributed by atoms with Crippen LogP contribution in [0.1, 0.15) is 29.1 Å². The number of hydrogen-bond donors (Lipinski definition) is 1. The van der Waals surface area contributed by atoms with Gasteiger partial charge in [-0.25, -0.2) is 4.79 Å². The van der Waals surface area contributed by atoms with Crippen molar-refractivity contribution in [1.82, 2.24) is 9.78 Å². The fourth-order valence-corrected chi connectivity index (χ4v) is 1.47.